The fourth-order valence-corrected chi connectivity index (χ4v) is 13.9. The summed E-state index contributed by atoms with van der Waals surface area (Å²) in [6.45, 7) is 27.7. The third kappa shape index (κ3) is 5.38. The molecule has 0 aromatic heterocycles. The van der Waals surface area contributed by atoms with Gasteiger partial charge in [-0.2, -0.15) is 0 Å². The molecule has 9 unspecified atom stereocenters. The van der Waals surface area contributed by atoms with Crippen LogP contribution in [-0.4, -0.2) is 9.52 Å². The molecule has 0 saturated heterocycles. The van der Waals surface area contributed by atoms with E-state index in [2.05, 4.69) is 209 Å². The van der Waals surface area contributed by atoms with Crippen molar-refractivity contribution in [2.45, 2.75) is 94.2 Å². The molecule has 6 aliphatic carbocycles. The summed E-state index contributed by atoms with van der Waals surface area (Å²) >= 11 is 0. The average Bonchev–Trinajstić information content (AvgIpc) is 3.62. The van der Waals surface area contributed by atoms with Crippen LogP contribution in [0.3, 0.4) is 0 Å². The second-order valence-electron chi connectivity index (χ2n) is 18.6. The first-order chi connectivity index (χ1) is 25.7. The van der Waals surface area contributed by atoms with Crippen molar-refractivity contribution in [1.82, 2.24) is 0 Å². The molecule has 6 aliphatic rings. The summed E-state index contributed by atoms with van der Waals surface area (Å²) in [6.07, 6.45) is 32.6. The number of hydrogen-bond acceptors (Lipinski definition) is 0. The molecule has 3 radical (unpaired) electrons. The summed E-state index contributed by atoms with van der Waals surface area (Å²) in [5.41, 5.74) is 9.40. The van der Waals surface area contributed by atoms with E-state index in [1.807, 2.05) is 0 Å². The Balaban J connectivity index is 0.00000100. The zero-order valence-electron chi connectivity index (χ0n) is 36.0. The molecule has 3 aromatic carbocycles. The van der Waals surface area contributed by atoms with Gasteiger partial charge in [-0.25, -0.2) is 0 Å². The van der Waals surface area contributed by atoms with Gasteiger partial charge in [-0.3, -0.25) is 0 Å². The van der Waals surface area contributed by atoms with Crippen molar-refractivity contribution < 1.29 is 51.0 Å². The zero-order chi connectivity index (χ0) is 38.5. The van der Waals surface area contributed by atoms with E-state index in [0.29, 0.717) is 5.92 Å². The molecule has 2 fully saturated rings. The molecule has 0 heterocycles. The third-order valence-electron chi connectivity index (χ3n) is 17.3. The Hall–Kier alpha value is -2.22. The predicted molar refractivity (Wildman–Crippen MR) is 235 cm³/mol. The molecule has 4 heteroatoms. The number of rotatable bonds is 4. The SMILES string of the molecule is CCCC1=Cc2c(-c3cccc4ccccc34)cccc2C1C1=CC=CC2(C)C3(C)C=CC=CC3(C)C3(C)C4(C)C(C)=CC=CC4[CH-]C3(C)C12C.C[Si]C.[Cl-].[Cl-].[Zr+3]. The molecule has 0 amide bonds. The number of allylic oxidation sites excluding steroid dienone is 13. The van der Waals surface area contributed by atoms with Gasteiger partial charge in [-0.05, 0) is 68.0 Å². The maximum atomic E-state index is 2.85. The molecule has 57 heavy (non-hydrogen) atoms. The van der Waals surface area contributed by atoms with Crippen LogP contribution in [0.2, 0.25) is 13.1 Å². The number of hydrogen-bond donors (Lipinski definition) is 0. The monoisotopic (exact) mass is 885 g/mol. The summed E-state index contributed by atoms with van der Waals surface area (Å²) in [5, 5.41) is 2.63. The van der Waals surface area contributed by atoms with E-state index >= 15 is 0 Å². The minimum absolute atomic E-state index is 0. The zero-order valence-corrected chi connectivity index (χ0v) is 41.0. The first-order valence-electron chi connectivity index (χ1n) is 20.6. The molecule has 3 aromatic rings. The molecule has 9 atom stereocenters. The van der Waals surface area contributed by atoms with Crippen molar-refractivity contribution in [1.29, 1.82) is 0 Å². The molecule has 0 aliphatic heterocycles. The van der Waals surface area contributed by atoms with Crippen LogP contribution in [0.1, 0.15) is 92.2 Å². The molecule has 0 bridgehead atoms. The van der Waals surface area contributed by atoms with Crippen LogP contribution in [0.25, 0.3) is 28.0 Å². The summed E-state index contributed by atoms with van der Waals surface area (Å²) in [4.78, 5) is 0. The Bertz CT molecular complexity index is 2270. The number of fused-ring (bicyclic) bond motifs is 10. The predicted octanol–water partition coefficient (Wildman–Crippen LogP) is 8.61. The van der Waals surface area contributed by atoms with Crippen molar-refractivity contribution in [2.24, 2.45) is 43.8 Å². The van der Waals surface area contributed by atoms with Crippen LogP contribution in [-0.2, 0) is 26.2 Å². The second-order valence-corrected chi connectivity index (χ2v) is 19.6. The molecular formula is C53H61Cl2SiZr. The van der Waals surface area contributed by atoms with Gasteiger partial charge >= 0.3 is 26.2 Å². The van der Waals surface area contributed by atoms with E-state index in [1.165, 1.54) is 38.6 Å². The minimum atomic E-state index is -0.198. The standard InChI is InChI=1S/C51H55.C2H6Si.2ClH.Zr/c1-10-19-36-32-42-40(39-25-16-22-35-21-11-12-24-38(35)39)26-17-27-41(42)44(36)43-28-18-31-46(4)45(3)29-13-14-30-47(45,5)51(9)48(6,50(43,46)8)33-37-23-15-20-34(2)49(37,51)7;1-3-2;;;/h11-18,20-33,37,44H,10,19H2,1-9H3;1-2H3;2*1H;/q-1;;;;+3/p-2. The van der Waals surface area contributed by atoms with E-state index in [1.54, 1.807) is 11.1 Å². The summed E-state index contributed by atoms with van der Waals surface area (Å²) in [6, 6.07) is 22.9. The molecule has 9 rings (SSSR count). The van der Waals surface area contributed by atoms with E-state index in [4.69, 9.17) is 0 Å². The Labute approximate surface area is 379 Å². The molecule has 295 valence electrons. The van der Waals surface area contributed by atoms with Gasteiger partial charge in [0.1, 0.15) is 0 Å². The van der Waals surface area contributed by atoms with Gasteiger partial charge in [0.25, 0.3) is 0 Å². The fourth-order valence-electron chi connectivity index (χ4n) is 13.9. The molecular weight excluding hydrogens is 827 g/mol. The Morgan fingerprint density at radius 3 is 2.02 bits per heavy atom. The van der Waals surface area contributed by atoms with Gasteiger partial charge in [0, 0.05) is 26.3 Å². The smallest absolute Gasteiger partial charge is 1.00 e. The molecule has 0 nitrogen and oxygen atoms in total. The minimum Gasteiger partial charge on any atom is -1.00 e. The van der Waals surface area contributed by atoms with Crippen molar-refractivity contribution in [3.05, 3.63) is 156 Å². The maximum Gasteiger partial charge on any atom is 3.00 e. The molecule has 0 N–H and O–H groups in total. The van der Waals surface area contributed by atoms with E-state index < -0.39 is 0 Å². The van der Waals surface area contributed by atoms with Crippen LogP contribution in [0, 0.1) is 50.2 Å². The first-order valence-corrected chi connectivity index (χ1v) is 22.6. The number of benzene rings is 3. The van der Waals surface area contributed by atoms with Crippen LogP contribution in [0.15, 0.2) is 138 Å². The Morgan fingerprint density at radius 1 is 0.702 bits per heavy atom. The quantitative estimate of drug-likeness (QED) is 0.182. The van der Waals surface area contributed by atoms with Crippen LogP contribution < -0.4 is 24.8 Å². The van der Waals surface area contributed by atoms with Gasteiger partial charge in [-0.15, -0.1) is 17.4 Å². The van der Waals surface area contributed by atoms with Crippen LogP contribution in [0.4, 0.5) is 0 Å². The van der Waals surface area contributed by atoms with Gasteiger partial charge in [0.15, 0.2) is 0 Å². The van der Waals surface area contributed by atoms with Gasteiger partial charge in [0.2, 0.25) is 0 Å². The van der Waals surface area contributed by atoms with Crippen molar-refractivity contribution >= 4 is 26.4 Å². The van der Waals surface area contributed by atoms with Gasteiger partial charge in [-0.1, -0.05) is 213 Å². The second kappa shape index (κ2) is 15.7. The normalized spacial score (nSPS) is 37.3. The van der Waals surface area contributed by atoms with E-state index in [0.717, 1.165) is 22.4 Å². The Kier molecular flexibility index (Phi) is 12.6. The first kappa shape index (κ1) is 45.9. The summed E-state index contributed by atoms with van der Waals surface area (Å²) < 4.78 is 0. The number of halogens is 2. The van der Waals surface area contributed by atoms with Gasteiger partial charge < -0.3 is 31.2 Å². The summed E-state index contributed by atoms with van der Waals surface area (Å²) in [7, 11) is 1.08. The molecule has 2 saturated carbocycles. The van der Waals surface area contributed by atoms with Gasteiger partial charge in [0.05, 0.1) is 0 Å². The van der Waals surface area contributed by atoms with Crippen LogP contribution in [0.5, 0.6) is 0 Å². The Morgan fingerprint density at radius 2 is 1.32 bits per heavy atom. The maximum absolute atomic E-state index is 2.85. The van der Waals surface area contributed by atoms with Crippen molar-refractivity contribution in [3.63, 3.8) is 0 Å². The van der Waals surface area contributed by atoms with Crippen molar-refractivity contribution in [2.75, 3.05) is 0 Å². The average molecular weight is 888 g/mol. The topological polar surface area (TPSA) is 0 Å². The fraction of sp³-hybridized carbons (Fsp3) is 0.415. The van der Waals surface area contributed by atoms with Crippen LogP contribution >= 0.6 is 0 Å². The molecule has 0 spiro atoms. The summed E-state index contributed by atoms with van der Waals surface area (Å²) in [5.74, 6) is 0.598. The van der Waals surface area contributed by atoms with E-state index in [9.17, 15) is 0 Å². The van der Waals surface area contributed by atoms with E-state index in [-0.39, 0.29) is 94.8 Å². The third-order valence-corrected chi connectivity index (χ3v) is 17.3. The van der Waals surface area contributed by atoms with Crippen molar-refractivity contribution in [3.8, 4) is 11.1 Å². The largest absolute Gasteiger partial charge is 3.00 e.